The molecule has 2 aromatic carbocycles. The molecule has 0 aliphatic carbocycles. The van der Waals surface area contributed by atoms with Crippen molar-refractivity contribution in [3.8, 4) is 0 Å². The zero-order valence-corrected chi connectivity index (χ0v) is 19.7. The first kappa shape index (κ1) is 22.1. The Kier molecular flexibility index (Phi) is 5.01. The van der Waals surface area contributed by atoms with Crippen LogP contribution >= 0.6 is 11.6 Å². The number of aryl methyl sites for hydroxylation is 1. The average Bonchev–Trinajstić information content (AvgIpc) is 3.21. The van der Waals surface area contributed by atoms with Gasteiger partial charge in [0, 0.05) is 0 Å². The Bertz CT molecular complexity index is 1310. The number of anilines is 3. The van der Waals surface area contributed by atoms with E-state index in [-0.39, 0.29) is 27.9 Å². The molecule has 0 bridgehead atoms. The van der Waals surface area contributed by atoms with Crippen LogP contribution in [0.15, 0.2) is 38.3 Å². The average molecular weight is 456 g/mol. The first-order valence-electron chi connectivity index (χ1n) is 10.4. The number of carbonyl (C=O) groups is 1. The molecule has 1 aromatic heterocycles. The summed E-state index contributed by atoms with van der Waals surface area (Å²) in [5.41, 5.74) is 0.971. The molecule has 7 nitrogen and oxygen atoms in total. The summed E-state index contributed by atoms with van der Waals surface area (Å²) in [5, 5.41) is 9.43. The van der Waals surface area contributed by atoms with E-state index in [1.54, 1.807) is 18.2 Å². The summed E-state index contributed by atoms with van der Waals surface area (Å²) >= 11 is 5.95. The van der Waals surface area contributed by atoms with E-state index in [2.05, 4.69) is 16.0 Å². The van der Waals surface area contributed by atoms with Gasteiger partial charge >= 0.3 is 0 Å². The molecule has 8 heteroatoms. The molecule has 1 amide bonds. The summed E-state index contributed by atoms with van der Waals surface area (Å²) in [6.07, 6.45) is 0. The van der Waals surface area contributed by atoms with Crippen molar-refractivity contribution in [2.24, 2.45) is 5.41 Å². The van der Waals surface area contributed by atoms with Gasteiger partial charge in [-0.3, -0.25) is 14.4 Å². The van der Waals surface area contributed by atoms with Crippen LogP contribution in [0.3, 0.4) is 0 Å². The molecule has 0 spiro atoms. The highest BCUT2D eigenvalue weighted by Crippen LogP contribution is 2.41. The highest BCUT2D eigenvalue weighted by atomic mass is 35.5. The molecule has 1 aliphatic heterocycles. The molecule has 168 valence electrons. The first-order valence-corrected chi connectivity index (χ1v) is 10.8. The fraction of sp³-hybridized carbons (Fsp3) is 0.375. The number of furan rings is 1. The second kappa shape index (κ2) is 7.24. The molecule has 1 atom stereocenters. The van der Waals surface area contributed by atoms with Crippen molar-refractivity contribution in [2.45, 2.75) is 53.1 Å². The topological polar surface area (TPSA) is 100 Å². The van der Waals surface area contributed by atoms with E-state index in [1.165, 1.54) is 0 Å². The molecule has 32 heavy (non-hydrogen) atoms. The van der Waals surface area contributed by atoms with Crippen LogP contribution in [0.5, 0.6) is 0 Å². The van der Waals surface area contributed by atoms with Gasteiger partial charge in [-0.1, -0.05) is 26.8 Å². The Morgan fingerprint density at radius 3 is 2.28 bits per heavy atom. The van der Waals surface area contributed by atoms with Gasteiger partial charge in [0.25, 0.3) is 16.8 Å². The zero-order valence-electron chi connectivity index (χ0n) is 18.9. The molecule has 0 saturated carbocycles. The van der Waals surface area contributed by atoms with Crippen molar-refractivity contribution in [3.63, 3.8) is 0 Å². The minimum Gasteiger partial charge on any atom is -0.447 e. The quantitative estimate of drug-likeness (QED) is 0.479. The van der Waals surface area contributed by atoms with E-state index >= 15 is 0 Å². The van der Waals surface area contributed by atoms with Crippen molar-refractivity contribution < 1.29 is 9.21 Å². The van der Waals surface area contributed by atoms with E-state index in [9.17, 15) is 14.4 Å². The van der Waals surface area contributed by atoms with Crippen LogP contribution < -0.4 is 26.8 Å². The Hall–Kier alpha value is -3.06. The molecule has 4 rings (SSSR count). The molecule has 3 N–H and O–H groups in total. The molecule has 0 unspecified atom stereocenters. The number of carbonyl (C=O) groups excluding carboxylic acids is 1. The highest BCUT2D eigenvalue weighted by Gasteiger charge is 2.39. The van der Waals surface area contributed by atoms with Gasteiger partial charge in [-0.2, -0.15) is 0 Å². The molecule has 2 heterocycles. The van der Waals surface area contributed by atoms with Gasteiger partial charge in [-0.05, 0) is 67.1 Å². The van der Waals surface area contributed by atoms with Gasteiger partial charge < -0.3 is 20.4 Å². The maximum Gasteiger partial charge on any atom is 0.254 e. The van der Waals surface area contributed by atoms with Crippen LogP contribution in [-0.2, 0) is 5.54 Å². The summed E-state index contributed by atoms with van der Waals surface area (Å²) in [4.78, 5) is 37.6. The predicted octanol–water partition coefficient (Wildman–Crippen LogP) is 4.76. The Morgan fingerprint density at radius 1 is 1.03 bits per heavy atom. The molecule has 0 saturated heterocycles. The lowest BCUT2D eigenvalue weighted by molar-refractivity contribution is 0.0941. The number of halogens is 1. The van der Waals surface area contributed by atoms with E-state index < -0.39 is 22.4 Å². The molecule has 3 aromatic rings. The summed E-state index contributed by atoms with van der Waals surface area (Å²) in [7, 11) is 0. The van der Waals surface area contributed by atoms with Crippen molar-refractivity contribution in [1.29, 1.82) is 0 Å². The van der Waals surface area contributed by atoms with E-state index in [0.717, 1.165) is 11.1 Å². The summed E-state index contributed by atoms with van der Waals surface area (Å²) in [6, 6.07) is 6.61. The normalized spacial score (nSPS) is 16.0. The van der Waals surface area contributed by atoms with Gasteiger partial charge in [0.15, 0.2) is 5.22 Å². The highest BCUT2D eigenvalue weighted by molar-refractivity contribution is 6.28. The number of rotatable bonds is 5. The second-order valence-electron chi connectivity index (χ2n) is 9.88. The minimum absolute atomic E-state index is 0.130. The second-order valence-corrected chi connectivity index (χ2v) is 10.3. The van der Waals surface area contributed by atoms with Crippen LogP contribution in [0, 0.1) is 12.3 Å². The summed E-state index contributed by atoms with van der Waals surface area (Å²) in [5.74, 6) is 0.334. The largest absolute Gasteiger partial charge is 0.447 e. The van der Waals surface area contributed by atoms with Gasteiger partial charge in [-0.25, -0.2) is 0 Å². The molecular weight excluding hydrogens is 430 g/mol. The predicted molar refractivity (Wildman–Crippen MR) is 126 cm³/mol. The first-order chi connectivity index (χ1) is 14.8. The molecule has 0 radical (unpaired) electrons. The molecule has 1 aliphatic rings. The SMILES string of the molecule is Cc1ccc(Nc2c(N[C@@H](c3ccc(Cl)o3)C(C)(C)C)c(=O)c2=O)c2c1C(C)(C)NC2=O. The van der Waals surface area contributed by atoms with E-state index in [4.69, 9.17) is 16.0 Å². The van der Waals surface area contributed by atoms with Crippen LogP contribution in [0.4, 0.5) is 17.1 Å². The number of fused-ring (bicyclic) bond motifs is 1. The standard InChI is InChI=1S/C24H26ClN3O4/c1-11-7-8-12(15-16(11)24(5,6)28-22(15)31)26-17-18(20(30)19(17)29)27-21(23(2,3)4)13-9-10-14(25)32-13/h7-10,21,26-27H,1-6H3,(H,28,31)/t21-/m0/s1. The lowest BCUT2D eigenvalue weighted by Crippen LogP contribution is -2.39. The van der Waals surface area contributed by atoms with E-state index in [1.807, 2.05) is 47.6 Å². The Labute approximate surface area is 190 Å². The third kappa shape index (κ3) is 3.50. The minimum atomic E-state index is -0.635. The smallest absolute Gasteiger partial charge is 0.254 e. The van der Waals surface area contributed by atoms with Gasteiger partial charge in [0.1, 0.15) is 17.1 Å². The maximum absolute atomic E-state index is 12.7. The monoisotopic (exact) mass is 455 g/mol. The van der Waals surface area contributed by atoms with Crippen LogP contribution in [-0.4, -0.2) is 5.91 Å². The number of hydrogen-bond acceptors (Lipinski definition) is 6. The molecule has 0 fully saturated rings. The summed E-state index contributed by atoms with van der Waals surface area (Å²) < 4.78 is 5.58. The van der Waals surface area contributed by atoms with Crippen LogP contribution in [0.2, 0.25) is 5.22 Å². The van der Waals surface area contributed by atoms with Crippen LogP contribution in [0.25, 0.3) is 0 Å². The number of nitrogens with one attached hydrogen (secondary N) is 3. The Morgan fingerprint density at radius 2 is 1.69 bits per heavy atom. The number of hydrogen-bond donors (Lipinski definition) is 3. The fourth-order valence-electron chi connectivity index (χ4n) is 4.39. The van der Waals surface area contributed by atoms with E-state index in [0.29, 0.717) is 17.0 Å². The number of amides is 1. The van der Waals surface area contributed by atoms with Crippen molar-refractivity contribution in [3.05, 3.63) is 72.4 Å². The van der Waals surface area contributed by atoms with Crippen molar-refractivity contribution >= 4 is 34.6 Å². The maximum atomic E-state index is 12.7. The Balaban J connectivity index is 1.73. The van der Waals surface area contributed by atoms with Crippen molar-refractivity contribution in [1.82, 2.24) is 5.32 Å². The van der Waals surface area contributed by atoms with Gasteiger partial charge in [-0.15, -0.1) is 0 Å². The third-order valence-electron chi connectivity index (χ3n) is 5.89. The fourth-order valence-corrected chi connectivity index (χ4v) is 4.54. The van der Waals surface area contributed by atoms with Crippen LogP contribution in [0.1, 0.15) is 67.9 Å². The molecular formula is C24H26ClN3O4. The zero-order chi connectivity index (χ0) is 23.6. The third-order valence-corrected chi connectivity index (χ3v) is 6.10. The number of benzene rings is 1. The lowest BCUT2D eigenvalue weighted by atomic mass is 9.84. The summed E-state index contributed by atoms with van der Waals surface area (Å²) in [6.45, 7) is 11.8. The van der Waals surface area contributed by atoms with Gasteiger partial charge in [0.05, 0.1) is 22.8 Å². The lowest BCUT2D eigenvalue weighted by Gasteiger charge is -2.31. The van der Waals surface area contributed by atoms with Crippen molar-refractivity contribution in [2.75, 3.05) is 10.6 Å². The van der Waals surface area contributed by atoms with Gasteiger partial charge in [0.2, 0.25) is 0 Å².